The van der Waals surface area contributed by atoms with Crippen molar-refractivity contribution in [1.29, 1.82) is 0 Å². The van der Waals surface area contributed by atoms with E-state index in [1.165, 1.54) is 6.92 Å². The molecule has 0 aromatic heterocycles. The predicted molar refractivity (Wildman–Crippen MR) is 50.6 cm³/mol. The molecule has 0 heterocycles. The van der Waals surface area contributed by atoms with Gasteiger partial charge in [-0.1, -0.05) is 35.4 Å². The van der Waals surface area contributed by atoms with E-state index < -0.39 is 11.5 Å². The zero-order valence-corrected chi connectivity index (χ0v) is 7.58. The molecule has 0 spiro atoms. The van der Waals surface area contributed by atoms with Crippen molar-refractivity contribution in [2.45, 2.75) is 12.5 Å². The van der Waals surface area contributed by atoms with Gasteiger partial charge in [0.1, 0.15) is 0 Å². The standard InChI is InChI=1S/C9H9N3O2/c1-9(8(13)14,11-12-10)7-5-3-2-4-6-7/h2-6H,1H3,(H,13,14). The number of rotatable bonds is 3. The molecule has 0 aliphatic carbocycles. The van der Waals surface area contributed by atoms with E-state index >= 15 is 0 Å². The maximum Gasteiger partial charge on any atom is 0.319 e. The molecular weight excluding hydrogens is 182 g/mol. The normalized spacial score (nSPS) is 13.8. The average Bonchev–Trinajstić information content (AvgIpc) is 2.19. The summed E-state index contributed by atoms with van der Waals surface area (Å²) in [7, 11) is 0. The van der Waals surface area contributed by atoms with E-state index in [1.807, 2.05) is 0 Å². The van der Waals surface area contributed by atoms with Crippen molar-refractivity contribution in [1.82, 2.24) is 0 Å². The molecule has 0 aliphatic heterocycles. The fourth-order valence-electron chi connectivity index (χ4n) is 1.08. The van der Waals surface area contributed by atoms with Crippen LogP contribution in [0.3, 0.4) is 0 Å². The molecule has 1 atom stereocenters. The number of aliphatic carboxylic acids is 1. The number of carbonyl (C=O) groups is 1. The first-order chi connectivity index (χ1) is 6.61. The largest absolute Gasteiger partial charge is 0.480 e. The van der Waals surface area contributed by atoms with Crippen LogP contribution in [0.1, 0.15) is 12.5 Å². The number of carboxylic acid groups (broad SMARTS) is 1. The molecule has 0 fully saturated rings. The Hall–Kier alpha value is -2.00. The fourth-order valence-corrected chi connectivity index (χ4v) is 1.08. The first kappa shape index (κ1) is 10.1. The predicted octanol–water partition coefficient (Wildman–Crippen LogP) is 2.30. The first-order valence-electron chi connectivity index (χ1n) is 3.96. The van der Waals surface area contributed by atoms with E-state index in [-0.39, 0.29) is 0 Å². The minimum atomic E-state index is -1.53. The van der Waals surface area contributed by atoms with Crippen LogP contribution in [-0.4, -0.2) is 11.1 Å². The zero-order valence-electron chi connectivity index (χ0n) is 7.58. The van der Waals surface area contributed by atoms with E-state index in [9.17, 15) is 4.79 Å². The quantitative estimate of drug-likeness (QED) is 0.451. The third-order valence-electron chi connectivity index (χ3n) is 2.00. The summed E-state index contributed by atoms with van der Waals surface area (Å²) in [5.41, 5.74) is 7.24. The molecule has 5 nitrogen and oxygen atoms in total. The van der Waals surface area contributed by atoms with Gasteiger partial charge in [-0.05, 0) is 18.0 Å². The molecule has 1 aromatic carbocycles. The van der Waals surface area contributed by atoms with Crippen LogP contribution in [0.15, 0.2) is 35.4 Å². The molecule has 72 valence electrons. The molecule has 1 aromatic rings. The zero-order chi connectivity index (χ0) is 10.6. The van der Waals surface area contributed by atoms with Crippen LogP contribution in [0.2, 0.25) is 0 Å². The lowest BCUT2D eigenvalue weighted by atomic mass is 9.93. The third-order valence-corrected chi connectivity index (χ3v) is 2.00. The summed E-state index contributed by atoms with van der Waals surface area (Å²) in [6.07, 6.45) is 0. The molecular formula is C9H9N3O2. The third kappa shape index (κ3) is 1.67. The first-order valence-corrected chi connectivity index (χ1v) is 3.96. The SMILES string of the molecule is CC(N=[N+]=[N-])(C(=O)O)c1ccccc1. The summed E-state index contributed by atoms with van der Waals surface area (Å²) >= 11 is 0. The second-order valence-electron chi connectivity index (χ2n) is 2.93. The maximum atomic E-state index is 10.9. The Labute approximate surface area is 80.6 Å². The summed E-state index contributed by atoms with van der Waals surface area (Å²) < 4.78 is 0. The second-order valence-corrected chi connectivity index (χ2v) is 2.93. The second kappa shape index (κ2) is 3.81. The van der Waals surface area contributed by atoms with Crippen molar-refractivity contribution < 1.29 is 9.90 Å². The highest BCUT2D eigenvalue weighted by molar-refractivity contribution is 5.80. The molecule has 1 N–H and O–H groups in total. The Kier molecular flexibility index (Phi) is 2.74. The smallest absolute Gasteiger partial charge is 0.319 e. The number of carboxylic acids is 1. The molecule has 0 bridgehead atoms. The van der Waals surface area contributed by atoms with Gasteiger partial charge < -0.3 is 5.11 Å². The summed E-state index contributed by atoms with van der Waals surface area (Å²) in [6, 6.07) is 8.39. The van der Waals surface area contributed by atoms with Crippen molar-refractivity contribution in [3.05, 3.63) is 46.3 Å². The van der Waals surface area contributed by atoms with E-state index in [4.69, 9.17) is 10.6 Å². The van der Waals surface area contributed by atoms with Gasteiger partial charge >= 0.3 is 5.97 Å². The molecule has 0 radical (unpaired) electrons. The lowest BCUT2D eigenvalue weighted by Gasteiger charge is -2.18. The Morgan fingerprint density at radius 3 is 2.50 bits per heavy atom. The lowest BCUT2D eigenvalue weighted by Crippen LogP contribution is -2.29. The summed E-state index contributed by atoms with van der Waals surface area (Å²) in [5.74, 6) is -1.17. The Morgan fingerprint density at radius 1 is 1.50 bits per heavy atom. The van der Waals surface area contributed by atoms with Crippen molar-refractivity contribution >= 4 is 5.97 Å². The Balaban J connectivity index is 3.26. The number of azide groups is 1. The van der Waals surface area contributed by atoms with Crippen LogP contribution in [0.25, 0.3) is 10.4 Å². The van der Waals surface area contributed by atoms with E-state index in [1.54, 1.807) is 30.3 Å². The molecule has 0 saturated carbocycles. The number of hydrogen-bond donors (Lipinski definition) is 1. The molecule has 1 unspecified atom stereocenters. The minimum absolute atomic E-state index is 0.463. The maximum absolute atomic E-state index is 10.9. The highest BCUT2D eigenvalue weighted by Crippen LogP contribution is 2.25. The Bertz CT molecular complexity index is 380. The molecule has 0 aliphatic rings. The Morgan fingerprint density at radius 2 is 2.07 bits per heavy atom. The van der Waals surface area contributed by atoms with Gasteiger partial charge in [-0.3, -0.25) is 4.79 Å². The molecule has 0 amide bonds. The fraction of sp³-hybridized carbons (Fsp3) is 0.222. The van der Waals surface area contributed by atoms with Gasteiger partial charge in [0.2, 0.25) is 0 Å². The molecule has 1 rings (SSSR count). The van der Waals surface area contributed by atoms with Gasteiger partial charge in [-0.15, -0.1) is 0 Å². The van der Waals surface area contributed by atoms with Gasteiger partial charge in [-0.25, -0.2) is 0 Å². The van der Waals surface area contributed by atoms with Gasteiger partial charge in [-0.2, -0.15) is 0 Å². The van der Waals surface area contributed by atoms with Crippen LogP contribution < -0.4 is 0 Å². The van der Waals surface area contributed by atoms with E-state index in [0.29, 0.717) is 5.56 Å². The lowest BCUT2D eigenvalue weighted by molar-refractivity contribution is -0.142. The van der Waals surface area contributed by atoms with Crippen molar-refractivity contribution in [2.75, 3.05) is 0 Å². The molecule has 14 heavy (non-hydrogen) atoms. The van der Waals surface area contributed by atoms with Gasteiger partial charge in [0.15, 0.2) is 5.54 Å². The van der Waals surface area contributed by atoms with Gasteiger partial charge in [0.25, 0.3) is 0 Å². The number of hydrogen-bond acceptors (Lipinski definition) is 2. The number of nitrogens with zero attached hydrogens (tertiary/aromatic N) is 3. The van der Waals surface area contributed by atoms with Gasteiger partial charge in [0.05, 0.1) is 0 Å². The van der Waals surface area contributed by atoms with Crippen LogP contribution in [0, 0.1) is 0 Å². The average molecular weight is 191 g/mol. The highest BCUT2D eigenvalue weighted by Gasteiger charge is 2.33. The minimum Gasteiger partial charge on any atom is -0.480 e. The van der Waals surface area contributed by atoms with Crippen LogP contribution in [0.4, 0.5) is 0 Å². The van der Waals surface area contributed by atoms with Crippen molar-refractivity contribution in [2.24, 2.45) is 5.11 Å². The van der Waals surface area contributed by atoms with E-state index in [0.717, 1.165) is 0 Å². The monoisotopic (exact) mass is 191 g/mol. The summed E-state index contributed by atoms with van der Waals surface area (Å²) in [5, 5.41) is 12.3. The van der Waals surface area contributed by atoms with Crippen LogP contribution in [0.5, 0.6) is 0 Å². The van der Waals surface area contributed by atoms with Crippen molar-refractivity contribution in [3.63, 3.8) is 0 Å². The molecule has 5 heteroatoms. The number of benzene rings is 1. The highest BCUT2D eigenvalue weighted by atomic mass is 16.4. The topological polar surface area (TPSA) is 86.1 Å². The summed E-state index contributed by atoms with van der Waals surface area (Å²) in [4.78, 5) is 13.5. The van der Waals surface area contributed by atoms with Crippen LogP contribution in [-0.2, 0) is 10.3 Å². The molecule has 0 saturated heterocycles. The van der Waals surface area contributed by atoms with Crippen LogP contribution >= 0.6 is 0 Å². The summed E-state index contributed by atoms with van der Waals surface area (Å²) in [6.45, 7) is 1.37. The van der Waals surface area contributed by atoms with E-state index in [2.05, 4.69) is 10.0 Å². The van der Waals surface area contributed by atoms with Crippen molar-refractivity contribution in [3.8, 4) is 0 Å². The van der Waals surface area contributed by atoms with Gasteiger partial charge in [0, 0.05) is 4.91 Å².